The van der Waals surface area contributed by atoms with E-state index in [9.17, 15) is 0 Å². The topological polar surface area (TPSA) is 3.24 Å². The Labute approximate surface area is 336 Å². The van der Waals surface area contributed by atoms with E-state index in [0.717, 1.165) is 17.1 Å². The summed E-state index contributed by atoms with van der Waals surface area (Å²) in [6.07, 6.45) is 0. The van der Waals surface area contributed by atoms with Crippen LogP contribution in [0.3, 0.4) is 0 Å². The summed E-state index contributed by atoms with van der Waals surface area (Å²) in [4.78, 5) is 2.48. The minimum absolute atomic E-state index is 0.185. The predicted octanol–water partition coefficient (Wildman–Crippen LogP) is 15.6. The molecule has 0 saturated heterocycles. The maximum Gasteiger partial charge on any atom is 0.0546 e. The van der Waals surface area contributed by atoms with Crippen LogP contribution in [0.4, 0.5) is 17.1 Å². The van der Waals surface area contributed by atoms with Crippen molar-refractivity contribution in [2.45, 2.75) is 26.2 Å². The fraction of sp³-hybridized carbons (Fsp3) is 0.0714. The minimum Gasteiger partial charge on any atom is -0.310 e. The fourth-order valence-corrected chi connectivity index (χ4v) is 9.07. The zero-order valence-corrected chi connectivity index (χ0v) is 32.6. The van der Waals surface area contributed by atoms with Crippen molar-refractivity contribution >= 4 is 27.8 Å². The van der Waals surface area contributed by atoms with Gasteiger partial charge in [-0.05, 0) is 115 Å². The Kier molecular flexibility index (Phi) is 8.46. The van der Waals surface area contributed by atoms with E-state index < -0.39 is 0 Å². The van der Waals surface area contributed by atoms with Gasteiger partial charge in [-0.3, -0.25) is 0 Å². The monoisotopic (exact) mass is 729 g/mol. The summed E-state index contributed by atoms with van der Waals surface area (Å²) in [6, 6.07) is 75.6. The van der Waals surface area contributed by atoms with E-state index >= 15 is 0 Å². The van der Waals surface area contributed by atoms with Crippen LogP contribution in [0.1, 0.15) is 30.5 Å². The van der Waals surface area contributed by atoms with Crippen LogP contribution in [-0.4, -0.2) is 0 Å². The highest BCUT2D eigenvalue weighted by Crippen LogP contribution is 2.54. The molecule has 1 nitrogen and oxygen atoms in total. The average Bonchev–Trinajstić information content (AvgIpc) is 3.50. The molecule has 10 rings (SSSR count). The molecule has 0 fully saturated rings. The third-order valence-corrected chi connectivity index (χ3v) is 12.0. The lowest BCUT2D eigenvalue weighted by atomic mass is 9.81. The van der Waals surface area contributed by atoms with Gasteiger partial charge in [-0.15, -0.1) is 0 Å². The Bertz CT molecular complexity index is 2900. The summed E-state index contributed by atoms with van der Waals surface area (Å²) in [5, 5.41) is 2.47. The van der Waals surface area contributed by atoms with Gasteiger partial charge in [-0.25, -0.2) is 0 Å². The van der Waals surface area contributed by atoms with Gasteiger partial charge in [0.2, 0.25) is 0 Å². The standard InChI is InChI=1S/C56H43N/c1-38-15-10-12-21-47(38)55-49-22-13-11-20-44(49)31-36-53(55)57(45-32-29-42(30-33-45)41-27-25-40(26-28-41)39-16-6-4-7-17-39)46-34-35-50-52(37-46)56(2,3)51-24-14-23-48(54(50)51)43-18-8-5-9-19-43/h4-37H,1-3H3. The zero-order chi connectivity index (χ0) is 38.5. The number of hydrogen-bond acceptors (Lipinski definition) is 1. The van der Waals surface area contributed by atoms with E-state index in [0.29, 0.717) is 0 Å². The van der Waals surface area contributed by atoms with E-state index in [1.165, 1.54) is 83.1 Å². The number of anilines is 3. The first kappa shape index (κ1) is 34.5. The molecule has 0 spiro atoms. The summed E-state index contributed by atoms with van der Waals surface area (Å²) < 4.78 is 0. The second kappa shape index (κ2) is 14.0. The molecule has 9 aromatic carbocycles. The number of aryl methyl sites for hydroxylation is 1. The molecule has 0 heterocycles. The Balaban J connectivity index is 1.15. The van der Waals surface area contributed by atoms with Gasteiger partial charge in [0.15, 0.2) is 0 Å². The van der Waals surface area contributed by atoms with Gasteiger partial charge in [0.25, 0.3) is 0 Å². The van der Waals surface area contributed by atoms with Crippen molar-refractivity contribution in [3.05, 3.63) is 223 Å². The lowest BCUT2D eigenvalue weighted by Crippen LogP contribution is -2.17. The molecule has 0 aliphatic heterocycles. The van der Waals surface area contributed by atoms with Crippen LogP contribution in [0.2, 0.25) is 0 Å². The summed E-state index contributed by atoms with van der Waals surface area (Å²) in [6.45, 7) is 6.99. The summed E-state index contributed by atoms with van der Waals surface area (Å²) in [5.41, 5.74) is 19.7. The van der Waals surface area contributed by atoms with Gasteiger partial charge in [0, 0.05) is 22.4 Å². The minimum atomic E-state index is -0.185. The molecule has 0 aromatic heterocycles. The Morgan fingerprint density at radius 3 is 1.63 bits per heavy atom. The zero-order valence-electron chi connectivity index (χ0n) is 32.6. The molecule has 1 aliphatic carbocycles. The van der Waals surface area contributed by atoms with Crippen molar-refractivity contribution in [1.29, 1.82) is 0 Å². The van der Waals surface area contributed by atoms with Gasteiger partial charge in [-0.2, -0.15) is 0 Å². The molecule has 0 atom stereocenters. The van der Waals surface area contributed by atoms with Gasteiger partial charge in [0.1, 0.15) is 0 Å². The molecule has 1 aliphatic rings. The molecule has 0 unspecified atom stereocenters. The second-order valence-corrected chi connectivity index (χ2v) is 15.8. The largest absolute Gasteiger partial charge is 0.310 e. The first-order valence-electron chi connectivity index (χ1n) is 19.9. The van der Waals surface area contributed by atoms with E-state index in [2.05, 4.69) is 232 Å². The number of hydrogen-bond donors (Lipinski definition) is 0. The van der Waals surface area contributed by atoms with Crippen LogP contribution >= 0.6 is 0 Å². The fourth-order valence-electron chi connectivity index (χ4n) is 9.07. The van der Waals surface area contributed by atoms with Crippen LogP contribution in [0, 0.1) is 6.92 Å². The molecule has 0 radical (unpaired) electrons. The van der Waals surface area contributed by atoms with Crippen molar-refractivity contribution in [3.8, 4) is 55.6 Å². The van der Waals surface area contributed by atoms with Crippen LogP contribution < -0.4 is 4.90 Å². The molecular formula is C56H43N. The first-order chi connectivity index (χ1) is 28.0. The molecule has 0 amide bonds. The molecule has 0 bridgehead atoms. The average molecular weight is 730 g/mol. The van der Waals surface area contributed by atoms with Crippen LogP contribution in [0.15, 0.2) is 206 Å². The predicted molar refractivity (Wildman–Crippen MR) is 243 cm³/mol. The number of rotatable bonds is 7. The molecule has 57 heavy (non-hydrogen) atoms. The van der Waals surface area contributed by atoms with Gasteiger partial charge >= 0.3 is 0 Å². The summed E-state index contributed by atoms with van der Waals surface area (Å²) >= 11 is 0. The van der Waals surface area contributed by atoms with Crippen molar-refractivity contribution in [3.63, 3.8) is 0 Å². The first-order valence-corrected chi connectivity index (χ1v) is 19.9. The van der Waals surface area contributed by atoms with Gasteiger partial charge in [-0.1, -0.05) is 190 Å². The molecule has 0 N–H and O–H groups in total. The Hall–Kier alpha value is -6.96. The van der Waals surface area contributed by atoms with E-state index in [1.54, 1.807) is 0 Å². The lowest BCUT2D eigenvalue weighted by molar-refractivity contribution is 0.660. The van der Waals surface area contributed by atoms with Crippen molar-refractivity contribution < 1.29 is 0 Å². The molecular weight excluding hydrogens is 687 g/mol. The molecule has 9 aromatic rings. The third-order valence-electron chi connectivity index (χ3n) is 12.0. The molecule has 0 saturated carbocycles. The van der Waals surface area contributed by atoms with Crippen LogP contribution in [0.25, 0.3) is 66.4 Å². The maximum absolute atomic E-state index is 2.48. The van der Waals surface area contributed by atoms with E-state index in [4.69, 9.17) is 0 Å². The van der Waals surface area contributed by atoms with E-state index in [-0.39, 0.29) is 5.41 Å². The van der Waals surface area contributed by atoms with Crippen molar-refractivity contribution in [2.24, 2.45) is 0 Å². The van der Waals surface area contributed by atoms with Crippen LogP contribution in [0.5, 0.6) is 0 Å². The van der Waals surface area contributed by atoms with Crippen molar-refractivity contribution in [1.82, 2.24) is 0 Å². The smallest absolute Gasteiger partial charge is 0.0546 e. The van der Waals surface area contributed by atoms with E-state index in [1.807, 2.05) is 0 Å². The molecule has 272 valence electrons. The van der Waals surface area contributed by atoms with Gasteiger partial charge in [0.05, 0.1) is 5.69 Å². The Morgan fingerprint density at radius 1 is 0.368 bits per heavy atom. The lowest BCUT2D eigenvalue weighted by Gasteiger charge is -2.31. The second-order valence-electron chi connectivity index (χ2n) is 15.8. The quantitative estimate of drug-likeness (QED) is 0.158. The normalized spacial score (nSPS) is 12.6. The van der Waals surface area contributed by atoms with Crippen LogP contribution in [-0.2, 0) is 5.41 Å². The summed E-state index contributed by atoms with van der Waals surface area (Å²) in [7, 11) is 0. The Morgan fingerprint density at radius 2 is 0.930 bits per heavy atom. The highest BCUT2D eigenvalue weighted by molar-refractivity contribution is 6.06. The highest BCUT2D eigenvalue weighted by Gasteiger charge is 2.37. The third kappa shape index (κ3) is 5.95. The highest BCUT2D eigenvalue weighted by atomic mass is 15.1. The van der Waals surface area contributed by atoms with Gasteiger partial charge < -0.3 is 4.90 Å². The summed E-state index contributed by atoms with van der Waals surface area (Å²) in [5.74, 6) is 0. The number of fused-ring (bicyclic) bond motifs is 4. The maximum atomic E-state index is 2.48. The van der Waals surface area contributed by atoms with Crippen molar-refractivity contribution in [2.75, 3.05) is 4.90 Å². The molecule has 1 heteroatoms. The number of benzene rings is 9. The number of nitrogens with zero attached hydrogens (tertiary/aromatic N) is 1. The SMILES string of the molecule is Cc1ccccc1-c1c(N(c2ccc(-c3ccc(-c4ccccc4)cc3)cc2)c2ccc3c(c2)C(C)(C)c2cccc(-c4ccccc4)c2-3)ccc2ccccc12.